The summed E-state index contributed by atoms with van der Waals surface area (Å²) in [6.07, 6.45) is 2.06. The van der Waals surface area contributed by atoms with Gasteiger partial charge in [-0.3, -0.25) is 14.2 Å². The Morgan fingerprint density at radius 1 is 1.27 bits per heavy atom. The predicted molar refractivity (Wildman–Crippen MR) is 95.0 cm³/mol. The molecule has 1 saturated carbocycles. The van der Waals surface area contributed by atoms with Crippen molar-refractivity contribution in [1.82, 2.24) is 14.9 Å². The SMILES string of the molecule is CC1CCC(NC(=O)Cn2c(=O)[nH]c3ccccc3c2=O)(C(=O)O)CC1. The van der Waals surface area contributed by atoms with E-state index in [4.69, 9.17) is 0 Å². The Hall–Kier alpha value is -2.90. The van der Waals surface area contributed by atoms with Crippen LogP contribution in [0.25, 0.3) is 10.9 Å². The Kier molecular flexibility index (Phi) is 4.67. The molecule has 0 atom stereocenters. The maximum Gasteiger partial charge on any atom is 0.329 e. The number of amides is 1. The van der Waals surface area contributed by atoms with E-state index >= 15 is 0 Å². The van der Waals surface area contributed by atoms with E-state index in [9.17, 15) is 24.3 Å². The summed E-state index contributed by atoms with van der Waals surface area (Å²) in [6, 6.07) is 6.51. The van der Waals surface area contributed by atoms with Crippen LogP contribution in [0.2, 0.25) is 0 Å². The van der Waals surface area contributed by atoms with Crippen LogP contribution < -0.4 is 16.6 Å². The second-order valence-corrected chi connectivity index (χ2v) is 6.98. The fraction of sp³-hybridized carbons (Fsp3) is 0.444. The number of benzene rings is 1. The van der Waals surface area contributed by atoms with E-state index in [0.29, 0.717) is 42.5 Å². The molecule has 0 radical (unpaired) electrons. The van der Waals surface area contributed by atoms with Gasteiger partial charge < -0.3 is 15.4 Å². The molecular formula is C18H21N3O5. The summed E-state index contributed by atoms with van der Waals surface area (Å²) in [5, 5.41) is 12.4. The minimum atomic E-state index is -1.34. The van der Waals surface area contributed by atoms with Gasteiger partial charge in [-0.25, -0.2) is 9.59 Å². The Morgan fingerprint density at radius 3 is 2.58 bits per heavy atom. The summed E-state index contributed by atoms with van der Waals surface area (Å²) in [4.78, 5) is 51.3. The van der Waals surface area contributed by atoms with Crippen LogP contribution >= 0.6 is 0 Å². The molecular weight excluding hydrogens is 338 g/mol. The third-order valence-electron chi connectivity index (χ3n) is 5.11. The summed E-state index contributed by atoms with van der Waals surface area (Å²) >= 11 is 0. The lowest BCUT2D eigenvalue weighted by Crippen LogP contribution is -2.57. The quantitative estimate of drug-likeness (QED) is 0.747. The van der Waals surface area contributed by atoms with Gasteiger partial charge in [-0.05, 0) is 43.7 Å². The van der Waals surface area contributed by atoms with E-state index in [1.807, 2.05) is 6.92 Å². The molecule has 8 heteroatoms. The van der Waals surface area contributed by atoms with Crippen molar-refractivity contribution >= 4 is 22.8 Å². The average Bonchev–Trinajstić information content (AvgIpc) is 2.60. The number of para-hydroxylation sites is 1. The molecule has 138 valence electrons. The van der Waals surface area contributed by atoms with Crippen molar-refractivity contribution < 1.29 is 14.7 Å². The molecule has 1 heterocycles. The number of nitrogens with zero attached hydrogens (tertiary/aromatic N) is 1. The van der Waals surface area contributed by atoms with Crippen molar-refractivity contribution in [2.24, 2.45) is 5.92 Å². The number of hydrogen-bond donors (Lipinski definition) is 3. The van der Waals surface area contributed by atoms with Crippen LogP contribution in [0, 0.1) is 5.92 Å². The summed E-state index contributed by atoms with van der Waals surface area (Å²) in [6.45, 7) is 1.52. The van der Waals surface area contributed by atoms with Crippen molar-refractivity contribution in [2.45, 2.75) is 44.7 Å². The molecule has 3 rings (SSSR count). The van der Waals surface area contributed by atoms with Crippen LogP contribution in [-0.4, -0.2) is 32.1 Å². The van der Waals surface area contributed by atoms with Crippen molar-refractivity contribution in [3.8, 4) is 0 Å². The van der Waals surface area contributed by atoms with Crippen molar-refractivity contribution in [3.05, 3.63) is 45.1 Å². The number of aromatic amines is 1. The van der Waals surface area contributed by atoms with Crippen LogP contribution in [0.15, 0.2) is 33.9 Å². The molecule has 3 N–H and O–H groups in total. The number of rotatable bonds is 4. The number of aromatic nitrogens is 2. The fourth-order valence-electron chi connectivity index (χ4n) is 3.44. The molecule has 2 aromatic rings. The Bertz CT molecular complexity index is 967. The summed E-state index contributed by atoms with van der Waals surface area (Å²) in [5.74, 6) is -1.34. The van der Waals surface area contributed by atoms with Gasteiger partial charge in [0.05, 0.1) is 10.9 Å². The largest absolute Gasteiger partial charge is 0.480 e. The molecule has 0 spiro atoms. The van der Waals surface area contributed by atoms with E-state index in [1.54, 1.807) is 24.3 Å². The molecule has 0 saturated heterocycles. The first kappa shape index (κ1) is 17.9. The van der Waals surface area contributed by atoms with Gasteiger partial charge in [0.2, 0.25) is 5.91 Å². The van der Waals surface area contributed by atoms with Crippen molar-refractivity contribution in [2.75, 3.05) is 0 Å². The molecule has 8 nitrogen and oxygen atoms in total. The minimum absolute atomic E-state index is 0.291. The molecule has 1 aliphatic carbocycles. The lowest BCUT2D eigenvalue weighted by atomic mass is 9.77. The van der Waals surface area contributed by atoms with Gasteiger partial charge >= 0.3 is 11.7 Å². The molecule has 0 aliphatic heterocycles. The lowest BCUT2D eigenvalue weighted by Gasteiger charge is -2.36. The molecule has 1 fully saturated rings. The number of H-pyrrole nitrogens is 1. The number of carboxylic acid groups (broad SMARTS) is 1. The molecule has 1 aromatic heterocycles. The van der Waals surface area contributed by atoms with E-state index in [2.05, 4.69) is 10.3 Å². The third-order valence-corrected chi connectivity index (χ3v) is 5.11. The zero-order chi connectivity index (χ0) is 18.9. The number of carboxylic acids is 1. The van der Waals surface area contributed by atoms with Gasteiger partial charge in [0, 0.05) is 0 Å². The maximum atomic E-state index is 12.5. The second-order valence-electron chi connectivity index (χ2n) is 6.98. The minimum Gasteiger partial charge on any atom is -0.480 e. The van der Waals surface area contributed by atoms with Crippen LogP contribution in [-0.2, 0) is 16.1 Å². The first-order valence-electron chi connectivity index (χ1n) is 8.59. The van der Waals surface area contributed by atoms with E-state index in [-0.39, 0.29) is 0 Å². The molecule has 1 aliphatic rings. The number of carbonyl (C=O) groups excluding carboxylic acids is 1. The first-order chi connectivity index (χ1) is 12.3. The van der Waals surface area contributed by atoms with Gasteiger partial charge in [0.1, 0.15) is 12.1 Å². The summed E-state index contributed by atoms with van der Waals surface area (Å²) < 4.78 is 0.790. The third kappa shape index (κ3) is 3.26. The van der Waals surface area contributed by atoms with Gasteiger partial charge in [-0.2, -0.15) is 0 Å². The molecule has 0 unspecified atom stereocenters. The van der Waals surface area contributed by atoms with Gasteiger partial charge in [-0.15, -0.1) is 0 Å². The second kappa shape index (κ2) is 6.78. The number of fused-ring (bicyclic) bond motifs is 1. The van der Waals surface area contributed by atoms with E-state index in [0.717, 1.165) is 4.57 Å². The number of nitrogens with one attached hydrogen (secondary N) is 2. The number of aliphatic carboxylic acids is 1. The monoisotopic (exact) mass is 359 g/mol. The Labute approximate surface area is 148 Å². The highest BCUT2D eigenvalue weighted by atomic mass is 16.4. The lowest BCUT2D eigenvalue weighted by molar-refractivity contribution is -0.149. The predicted octanol–water partition coefficient (Wildman–Crippen LogP) is 0.839. The smallest absolute Gasteiger partial charge is 0.329 e. The number of carbonyl (C=O) groups is 2. The number of hydrogen-bond acceptors (Lipinski definition) is 4. The summed E-state index contributed by atoms with van der Waals surface area (Å²) in [7, 11) is 0. The van der Waals surface area contributed by atoms with Gasteiger partial charge in [0.25, 0.3) is 5.56 Å². The topological polar surface area (TPSA) is 121 Å². The zero-order valence-electron chi connectivity index (χ0n) is 14.4. The molecule has 1 aromatic carbocycles. The fourth-order valence-corrected chi connectivity index (χ4v) is 3.44. The zero-order valence-corrected chi connectivity index (χ0v) is 14.4. The Balaban J connectivity index is 1.86. The average molecular weight is 359 g/mol. The van der Waals surface area contributed by atoms with Crippen LogP contribution in [0.1, 0.15) is 32.6 Å². The molecule has 0 bridgehead atoms. The highest BCUT2D eigenvalue weighted by Crippen LogP contribution is 2.32. The van der Waals surface area contributed by atoms with E-state index in [1.165, 1.54) is 0 Å². The summed E-state index contributed by atoms with van der Waals surface area (Å²) in [5.41, 5.74) is -2.23. The highest BCUT2D eigenvalue weighted by molar-refractivity contribution is 5.87. The van der Waals surface area contributed by atoms with Crippen LogP contribution in [0.4, 0.5) is 0 Å². The standard InChI is InChI=1S/C18H21N3O5/c1-11-6-8-18(9-7-11,16(24)25)20-14(22)10-21-15(23)12-4-2-3-5-13(12)19-17(21)26/h2-5,11H,6-10H2,1H3,(H,19,26)(H,20,22)(H,24,25). The first-order valence-corrected chi connectivity index (χ1v) is 8.59. The van der Waals surface area contributed by atoms with Crippen LogP contribution in [0.5, 0.6) is 0 Å². The molecule has 26 heavy (non-hydrogen) atoms. The van der Waals surface area contributed by atoms with Crippen LogP contribution in [0.3, 0.4) is 0 Å². The van der Waals surface area contributed by atoms with Gasteiger partial charge in [-0.1, -0.05) is 19.1 Å². The van der Waals surface area contributed by atoms with E-state index < -0.39 is 35.2 Å². The highest BCUT2D eigenvalue weighted by Gasteiger charge is 2.42. The molecule has 1 amide bonds. The van der Waals surface area contributed by atoms with Gasteiger partial charge in [0.15, 0.2) is 0 Å². The van der Waals surface area contributed by atoms with Crippen molar-refractivity contribution in [3.63, 3.8) is 0 Å². The van der Waals surface area contributed by atoms with Crippen molar-refractivity contribution in [1.29, 1.82) is 0 Å². The maximum absolute atomic E-state index is 12.5. The Morgan fingerprint density at radius 2 is 1.92 bits per heavy atom. The normalized spacial score (nSPS) is 22.9.